The minimum atomic E-state index is -1.13. The Balaban J connectivity index is 2.16. The van der Waals surface area contributed by atoms with E-state index >= 15 is 0 Å². The smallest absolute Gasteiger partial charge is 0.161 e. The first kappa shape index (κ1) is 10.5. The van der Waals surface area contributed by atoms with E-state index in [1.54, 1.807) is 0 Å². The molecule has 1 nitrogen and oxygen atoms in total. The van der Waals surface area contributed by atoms with E-state index in [0.29, 0.717) is 12.5 Å². The summed E-state index contributed by atoms with van der Waals surface area (Å²) >= 11 is 0. The molecule has 0 amide bonds. The highest BCUT2D eigenvalue weighted by Crippen LogP contribution is 2.18. The van der Waals surface area contributed by atoms with Crippen LogP contribution in [0, 0.1) is 17.5 Å². The molecule has 1 aromatic rings. The lowest BCUT2D eigenvalue weighted by atomic mass is 10.0. The number of hydrogen-bond acceptors (Lipinski definition) is 1. The van der Waals surface area contributed by atoms with Crippen LogP contribution in [-0.2, 0) is 6.42 Å². The summed E-state index contributed by atoms with van der Waals surface area (Å²) in [5.41, 5.74) is 0.244. The molecule has 0 aliphatic carbocycles. The van der Waals surface area contributed by atoms with E-state index in [2.05, 4.69) is 5.32 Å². The molecule has 1 unspecified atom stereocenters. The molecule has 1 N–H and O–H groups in total. The van der Waals surface area contributed by atoms with Crippen molar-refractivity contribution in [3.05, 3.63) is 35.1 Å². The van der Waals surface area contributed by atoms with E-state index in [1.807, 2.05) is 0 Å². The van der Waals surface area contributed by atoms with Gasteiger partial charge in [-0.25, -0.2) is 13.2 Å². The SMILES string of the molecule is Fc1cc(F)c(CC2CCCN2)cc1F. The maximum absolute atomic E-state index is 13.2. The van der Waals surface area contributed by atoms with Crippen LogP contribution in [0.3, 0.4) is 0 Å². The van der Waals surface area contributed by atoms with Crippen molar-refractivity contribution in [1.82, 2.24) is 5.32 Å². The minimum Gasteiger partial charge on any atom is -0.314 e. The first-order valence-corrected chi connectivity index (χ1v) is 5.03. The summed E-state index contributed by atoms with van der Waals surface area (Å²) < 4.78 is 38.8. The lowest BCUT2D eigenvalue weighted by Gasteiger charge is -2.10. The number of hydrogen-bond donors (Lipinski definition) is 1. The average molecular weight is 215 g/mol. The molecule has 2 rings (SSSR count). The maximum atomic E-state index is 13.2. The lowest BCUT2D eigenvalue weighted by Crippen LogP contribution is -2.24. The third-order valence-corrected chi connectivity index (χ3v) is 2.72. The highest BCUT2D eigenvalue weighted by Gasteiger charge is 2.17. The third-order valence-electron chi connectivity index (χ3n) is 2.72. The highest BCUT2D eigenvalue weighted by atomic mass is 19.2. The molecular formula is C11H12F3N. The van der Waals surface area contributed by atoms with Crippen LogP contribution in [0.2, 0.25) is 0 Å². The van der Waals surface area contributed by atoms with Crippen molar-refractivity contribution in [3.63, 3.8) is 0 Å². The Bertz CT molecular complexity index is 359. The van der Waals surface area contributed by atoms with Crippen LogP contribution in [0.15, 0.2) is 12.1 Å². The number of rotatable bonds is 2. The van der Waals surface area contributed by atoms with E-state index in [9.17, 15) is 13.2 Å². The molecule has 1 aliphatic rings. The van der Waals surface area contributed by atoms with Crippen LogP contribution in [-0.4, -0.2) is 12.6 Å². The zero-order valence-corrected chi connectivity index (χ0v) is 8.19. The molecule has 15 heavy (non-hydrogen) atoms. The second-order valence-corrected chi connectivity index (χ2v) is 3.86. The van der Waals surface area contributed by atoms with Crippen LogP contribution in [0.4, 0.5) is 13.2 Å². The van der Waals surface area contributed by atoms with Crippen LogP contribution >= 0.6 is 0 Å². The predicted molar refractivity (Wildman–Crippen MR) is 51.0 cm³/mol. The highest BCUT2D eigenvalue weighted by molar-refractivity contribution is 5.21. The summed E-state index contributed by atoms with van der Waals surface area (Å²) in [6.07, 6.45) is 2.43. The fourth-order valence-electron chi connectivity index (χ4n) is 1.92. The molecular weight excluding hydrogens is 203 g/mol. The number of nitrogens with one attached hydrogen (secondary N) is 1. The second kappa shape index (κ2) is 4.23. The summed E-state index contributed by atoms with van der Waals surface area (Å²) in [7, 11) is 0. The van der Waals surface area contributed by atoms with Gasteiger partial charge in [-0.1, -0.05) is 0 Å². The van der Waals surface area contributed by atoms with Crippen molar-refractivity contribution >= 4 is 0 Å². The monoisotopic (exact) mass is 215 g/mol. The second-order valence-electron chi connectivity index (χ2n) is 3.86. The van der Waals surface area contributed by atoms with Gasteiger partial charge in [0, 0.05) is 12.1 Å². The molecule has 0 saturated carbocycles. The molecule has 0 bridgehead atoms. The molecule has 1 aliphatic heterocycles. The standard InChI is InChI=1S/C11H12F3N/c12-9-6-11(14)10(13)5-7(9)4-8-2-1-3-15-8/h5-6,8,15H,1-4H2. The topological polar surface area (TPSA) is 12.0 Å². The van der Waals surface area contributed by atoms with Gasteiger partial charge in [0.25, 0.3) is 0 Å². The van der Waals surface area contributed by atoms with E-state index in [4.69, 9.17) is 0 Å². The van der Waals surface area contributed by atoms with Gasteiger partial charge in [-0.3, -0.25) is 0 Å². The zero-order chi connectivity index (χ0) is 10.8. The van der Waals surface area contributed by atoms with Gasteiger partial charge in [0.05, 0.1) is 0 Å². The predicted octanol–water partition coefficient (Wildman–Crippen LogP) is 2.40. The molecule has 4 heteroatoms. The fourth-order valence-corrected chi connectivity index (χ4v) is 1.92. The van der Waals surface area contributed by atoms with Gasteiger partial charge >= 0.3 is 0 Å². The van der Waals surface area contributed by atoms with E-state index < -0.39 is 17.5 Å². The molecule has 1 heterocycles. The largest absolute Gasteiger partial charge is 0.314 e. The molecule has 0 aromatic heterocycles. The van der Waals surface area contributed by atoms with Gasteiger partial charge in [0.2, 0.25) is 0 Å². The molecule has 82 valence electrons. The Kier molecular flexibility index (Phi) is 2.95. The van der Waals surface area contributed by atoms with Crippen molar-refractivity contribution in [2.45, 2.75) is 25.3 Å². The Morgan fingerprint density at radius 2 is 1.87 bits per heavy atom. The van der Waals surface area contributed by atoms with Gasteiger partial charge < -0.3 is 5.32 Å². The Morgan fingerprint density at radius 3 is 2.53 bits per heavy atom. The minimum absolute atomic E-state index is 0.185. The van der Waals surface area contributed by atoms with Crippen molar-refractivity contribution in [2.75, 3.05) is 6.54 Å². The molecule has 0 radical (unpaired) electrons. The van der Waals surface area contributed by atoms with Crippen molar-refractivity contribution < 1.29 is 13.2 Å². The molecule has 1 fully saturated rings. The Labute approximate surface area is 86.3 Å². The van der Waals surface area contributed by atoms with Gasteiger partial charge in [-0.2, -0.15) is 0 Å². The van der Waals surface area contributed by atoms with Crippen LogP contribution in [0.25, 0.3) is 0 Å². The Morgan fingerprint density at radius 1 is 1.13 bits per heavy atom. The Hall–Kier alpha value is -1.03. The lowest BCUT2D eigenvalue weighted by molar-refractivity contribution is 0.484. The fraction of sp³-hybridized carbons (Fsp3) is 0.455. The van der Waals surface area contributed by atoms with Gasteiger partial charge in [-0.15, -0.1) is 0 Å². The summed E-state index contributed by atoms with van der Waals surface area (Å²) in [4.78, 5) is 0. The normalized spacial score (nSPS) is 20.9. The van der Waals surface area contributed by atoms with Crippen molar-refractivity contribution in [3.8, 4) is 0 Å². The molecule has 0 spiro atoms. The maximum Gasteiger partial charge on any atom is 0.161 e. The summed E-state index contributed by atoms with van der Waals surface area (Å²) in [5.74, 6) is -2.78. The van der Waals surface area contributed by atoms with Crippen LogP contribution < -0.4 is 5.32 Å². The molecule has 1 saturated heterocycles. The summed E-state index contributed by atoms with van der Waals surface area (Å²) in [6, 6.07) is 1.74. The zero-order valence-electron chi connectivity index (χ0n) is 8.19. The summed E-state index contributed by atoms with van der Waals surface area (Å²) in [5, 5.41) is 3.18. The summed E-state index contributed by atoms with van der Waals surface area (Å²) in [6.45, 7) is 0.913. The van der Waals surface area contributed by atoms with E-state index in [0.717, 1.165) is 25.5 Å². The number of benzene rings is 1. The number of halogens is 3. The van der Waals surface area contributed by atoms with Crippen molar-refractivity contribution in [1.29, 1.82) is 0 Å². The first-order valence-electron chi connectivity index (χ1n) is 5.03. The van der Waals surface area contributed by atoms with Gasteiger partial charge in [0.15, 0.2) is 11.6 Å². The molecule has 1 atom stereocenters. The van der Waals surface area contributed by atoms with Crippen LogP contribution in [0.1, 0.15) is 18.4 Å². The van der Waals surface area contributed by atoms with Gasteiger partial charge in [-0.05, 0) is 37.4 Å². The van der Waals surface area contributed by atoms with E-state index in [-0.39, 0.29) is 11.6 Å². The van der Waals surface area contributed by atoms with Crippen LogP contribution in [0.5, 0.6) is 0 Å². The molecule has 1 aromatic carbocycles. The van der Waals surface area contributed by atoms with Crippen molar-refractivity contribution in [2.24, 2.45) is 0 Å². The average Bonchev–Trinajstić information content (AvgIpc) is 2.67. The van der Waals surface area contributed by atoms with E-state index in [1.165, 1.54) is 0 Å². The first-order chi connectivity index (χ1) is 7.16. The quantitative estimate of drug-likeness (QED) is 0.747. The third kappa shape index (κ3) is 2.31. The van der Waals surface area contributed by atoms with Gasteiger partial charge in [0.1, 0.15) is 5.82 Å².